The van der Waals surface area contributed by atoms with Gasteiger partial charge >= 0.3 is 0 Å². The van der Waals surface area contributed by atoms with E-state index in [1.807, 2.05) is 22.6 Å². The third-order valence-corrected chi connectivity index (χ3v) is 2.50. The van der Waals surface area contributed by atoms with Gasteiger partial charge in [0.05, 0.1) is 5.56 Å². The van der Waals surface area contributed by atoms with Crippen molar-refractivity contribution in [2.75, 3.05) is 13.1 Å². The van der Waals surface area contributed by atoms with E-state index in [0.29, 0.717) is 22.2 Å². The van der Waals surface area contributed by atoms with Crippen LogP contribution in [0.15, 0.2) is 18.2 Å². The summed E-state index contributed by atoms with van der Waals surface area (Å²) in [5.74, 6) is -0.565. The summed E-state index contributed by atoms with van der Waals surface area (Å²) in [5.41, 5.74) is 5.71. The molecule has 1 aromatic rings. The summed E-state index contributed by atoms with van der Waals surface area (Å²) in [6.07, 6.45) is 0. The average Bonchev–Trinajstić information content (AvgIpc) is 2.14. The number of hydrogen-bond donors (Lipinski definition) is 2. The Balaban J connectivity index is 2.80. The molecule has 1 rings (SSSR count). The first-order valence-corrected chi connectivity index (χ1v) is 5.16. The van der Waals surface area contributed by atoms with Gasteiger partial charge in [0.25, 0.3) is 5.91 Å². The van der Waals surface area contributed by atoms with E-state index < -0.39 is 0 Å². The molecule has 0 atom stereocenters. The maximum atomic E-state index is 12.7. The zero-order valence-electron chi connectivity index (χ0n) is 7.39. The zero-order chi connectivity index (χ0) is 10.6. The van der Waals surface area contributed by atoms with Crippen molar-refractivity contribution >= 4 is 28.5 Å². The molecular formula is C9H10FIN2O. The molecule has 1 amide bonds. The van der Waals surface area contributed by atoms with Gasteiger partial charge in [-0.2, -0.15) is 0 Å². The molecule has 0 radical (unpaired) electrons. The first kappa shape index (κ1) is 11.4. The predicted molar refractivity (Wildman–Crippen MR) is 60.5 cm³/mol. The van der Waals surface area contributed by atoms with E-state index >= 15 is 0 Å². The van der Waals surface area contributed by atoms with E-state index in [-0.39, 0.29) is 11.7 Å². The van der Waals surface area contributed by atoms with Gasteiger partial charge in [0, 0.05) is 16.7 Å². The zero-order valence-corrected chi connectivity index (χ0v) is 9.55. The van der Waals surface area contributed by atoms with Crippen LogP contribution in [-0.4, -0.2) is 19.0 Å². The molecule has 0 bridgehead atoms. The van der Waals surface area contributed by atoms with Crippen molar-refractivity contribution in [2.45, 2.75) is 0 Å². The van der Waals surface area contributed by atoms with Crippen LogP contribution in [0.3, 0.4) is 0 Å². The molecule has 0 aliphatic carbocycles. The Morgan fingerprint density at radius 1 is 1.57 bits per heavy atom. The highest BCUT2D eigenvalue weighted by Gasteiger charge is 2.09. The van der Waals surface area contributed by atoms with Crippen LogP contribution in [0.4, 0.5) is 4.39 Å². The van der Waals surface area contributed by atoms with Crippen molar-refractivity contribution in [3.05, 3.63) is 33.1 Å². The van der Waals surface area contributed by atoms with Gasteiger partial charge in [-0.3, -0.25) is 4.79 Å². The van der Waals surface area contributed by atoms with Crippen molar-refractivity contribution < 1.29 is 9.18 Å². The molecule has 5 heteroatoms. The van der Waals surface area contributed by atoms with E-state index in [2.05, 4.69) is 5.32 Å². The Hall–Kier alpha value is -0.690. The molecule has 0 saturated carbocycles. The number of amides is 1. The molecule has 3 N–H and O–H groups in total. The maximum Gasteiger partial charge on any atom is 0.252 e. The minimum atomic E-state index is -0.343. The number of carbonyl (C=O) groups excluding carboxylic acids is 1. The quantitative estimate of drug-likeness (QED) is 0.822. The average molecular weight is 308 g/mol. The Morgan fingerprint density at radius 3 is 2.86 bits per heavy atom. The molecule has 14 heavy (non-hydrogen) atoms. The van der Waals surface area contributed by atoms with Crippen LogP contribution < -0.4 is 11.1 Å². The van der Waals surface area contributed by atoms with E-state index in [1.165, 1.54) is 18.2 Å². The lowest BCUT2D eigenvalue weighted by Crippen LogP contribution is -2.29. The topological polar surface area (TPSA) is 55.1 Å². The number of nitrogens with one attached hydrogen (secondary N) is 1. The number of halogens is 2. The first-order valence-electron chi connectivity index (χ1n) is 4.08. The van der Waals surface area contributed by atoms with Crippen LogP contribution in [0.1, 0.15) is 10.4 Å². The minimum Gasteiger partial charge on any atom is -0.351 e. The minimum absolute atomic E-state index is 0.222. The lowest BCUT2D eigenvalue weighted by molar-refractivity contribution is 0.0954. The van der Waals surface area contributed by atoms with Gasteiger partial charge in [0.2, 0.25) is 0 Å². The third-order valence-electron chi connectivity index (χ3n) is 1.61. The summed E-state index contributed by atoms with van der Waals surface area (Å²) in [6.45, 7) is 0.815. The molecule has 0 spiro atoms. The van der Waals surface area contributed by atoms with E-state index in [9.17, 15) is 9.18 Å². The molecule has 0 unspecified atom stereocenters. The van der Waals surface area contributed by atoms with Crippen LogP contribution in [0.2, 0.25) is 0 Å². The first-order chi connectivity index (χ1) is 6.65. The Kier molecular flexibility index (Phi) is 4.27. The Bertz CT molecular complexity index is 344. The molecule has 0 heterocycles. The molecular weight excluding hydrogens is 298 g/mol. The van der Waals surface area contributed by atoms with Gasteiger partial charge in [-0.25, -0.2) is 4.39 Å². The van der Waals surface area contributed by atoms with Gasteiger partial charge in [-0.1, -0.05) is 0 Å². The van der Waals surface area contributed by atoms with Crippen LogP contribution in [0, 0.1) is 9.39 Å². The highest BCUT2D eigenvalue weighted by atomic mass is 127. The molecule has 1 aromatic carbocycles. The number of carbonyl (C=O) groups is 1. The number of nitrogens with two attached hydrogens (primary N) is 1. The number of benzene rings is 1. The van der Waals surface area contributed by atoms with Crippen molar-refractivity contribution in [1.29, 1.82) is 0 Å². The lowest BCUT2D eigenvalue weighted by Gasteiger charge is -2.05. The molecule has 0 saturated heterocycles. The van der Waals surface area contributed by atoms with Crippen LogP contribution in [0.25, 0.3) is 0 Å². The second-order valence-corrected chi connectivity index (χ2v) is 3.83. The fourth-order valence-corrected chi connectivity index (χ4v) is 1.68. The fourth-order valence-electron chi connectivity index (χ4n) is 0.955. The molecule has 0 aliphatic rings. The second kappa shape index (κ2) is 5.26. The molecule has 0 aliphatic heterocycles. The maximum absolute atomic E-state index is 12.7. The van der Waals surface area contributed by atoms with Crippen molar-refractivity contribution in [3.63, 3.8) is 0 Å². The van der Waals surface area contributed by atoms with Crippen LogP contribution in [-0.2, 0) is 0 Å². The van der Waals surface area contributed by atoms with E-state index in [0.717, 1.165) is 0 Å². The molecule has 3 nitrogen and oxygen atoms in total. The van der Waals surface area contributed by atoms with Gasteiger partial charge < -0.3 is 11.1 Å². The summed E-state index contributed by atoms with van der Waals surface area (Å²) in [6, 6.07) is 4.04. The van der Waals surface area contributed by atoms with Gasteiger partial charge in [0.15, 0.2) is 0 Å². The molecule has 76 valence electrons. The van der Waals surface area contributed by atoms with Crippen molar-refractivity contribution in [1.82, 2.24) is 5.32 Å². The van der Waals surface area contributed by atoms with Crippen LogP contribution >= 0.6 is 22.6 Å². The van der Waals surface area contributed by atoms with Gasteiger partial charge in [0.1, 0.15) is 5.82 Å². The SMILES string of the molecule is NCCNC(=O)c1ccc(F)cc1I. The third kappa shape index (κ3) is 2.91. The second-order valence-electron chi connectivity index (χ2n) is 2.67. The van der Waals surface area contributed by atoms with E-state index in [1.54, 1.807) is 0 Å². The smallest absolute Gasteiger partial charge is 0.252 e. The highest BCUT2D eigenvalue weighted by molar-refractivity contribution is 14.1. The number of rotatable bonds is 3. The summed E-state index contributed by atoms with van der Waals surface area (Å²) < 4.78 is 13.3. The fraction of sp³-hybridized carbons (Fsp3) is 0.222. The van der Waals surface area contributed by atoms with Crippen LogP contribution in [0.5, 0.6) is 0 Å². The summed E-state index contributed by atoms with van der Waals surface area (Å²) in [4.78, 5) is 11.4. The van der Waals surface area contributed by atoms with E-state index in [4.69, 9.17) is 5.73 Å². The summed E-state index contributed by atoms with van der Waals surface area (Å²) in [5, 5.41) is 2.62. The Morgan fingerprint density at radius 2 is 2.29 bits per heavy atom. The molecule has 0 aromatic heterocycles. The van der Waals surface area contributed by atoms with Gasteiger partial charge in [-0.05, 0) is 40.8 Å². The predicted octanol–water partition coefficient (Wildman–Crippen LogP) is 1.12. The Labute approximate surface area is 95.0 Å². The normalized spacial score (nSPS) is 9.93. The van der Waals surface area contributed by atoms with Crippen molar-refractivity contribution in [3.8, 4) is 0 Å². The summed E-state index contributed by atoms with van der Waals surface area (Å²) in [7, 11) is 0. The molecule has 0 fully saturated rings. The largest absolute Gasteiger partial charge is 0.351 e. The standard InChI is InChI=1S/C9H10FIN2O/c10-6-1-2-7(8(11)5-6)9(14)13-4-3-12/h1-2,5H,3-4,12H2,(H,13,14). The summed E-state index contributed by atoms with van der Waals surface area (Å²) >= 11 is 1.92. The monoisotopic (exact) mass is 308 g/mol. The van der Waals surface area contributed by atoms with Crippen molar-refractivity contribution in [2.24, 2.45) is 5.73 Å². The highest BCUT2D eigenvalue weighted by Crippen LogP contribution is 2.13. The lowest BCUT2D eigenvalue weighted by atomic mass is 10.2. The number of hydrogen-bond acceptors (Lipinski definition) is 2. The van der Waals surface area contributed by atoms with Gasteiger partial charge in [-0.15, -0.1) is 0 Å².